The lowest BCUT2D eigenvalue weighted by Gasteiger charge is -2.18. The second-order valence-corrected chi connectivity index (χ2v) is 4.10. The van der Waals surface area contributed by atoms with Crippen molar-refractivity contribution in [2.24, 2.45) is 0 Å². The molecule has 0 aliphatic heterocycles. The zero-order valence-electron chi connectivity index (χ0n) is 9.03. The van der Waals surface area contributed by atoms with Gasteiger partial charge in [0.05, 0.1) is 18.4 Å². The molecule has 0 radical (unpaired) electrons. The maximum atomic E-state index is 10.7. The van der Waals surface area contributed by atoms with Crippen molar-refractivity contribution in [1.82, 2.24) is 5.48 Å². The number of hydroxylamine groups is 1. The largest absolute Gasteiger partial charge is 0.478 e. The normalized spacial score (nSPS) is 11.7. The first kappa shape index (κ1) is 11.7. The number of carbonyl (C=O) groups is 1. The Kier molecular flexibility index (Phi) is 3.49. The van der Waals surface area contributed by atoms with E-state index < -0.39 is 5.97 Å². The Balaban J connectivity index is 2.51. The molecule has 0 saturated heterocycles. The average molecular weight is 213 g/mol. The topological polar surface area (TPSA) is 71.7 Å². The number of hydrogen-bond acceptors (Lipinski definition) is 4. The third kappa shape index (κ3) is 3.73. The van der Waals surface area contributed by atoms with Gasteiger partial charge in [-0.25, -0.2) is 4.79 Å². The molecule has 0 bridgehead atoms. The van der Waals surface area contributed by atoms with Gasteiger partial charge < -0.3 is 9.52 Å². The molecule has 0 aliphatic carbocycles. The van der Waals surface area contributed by atoms with Crippen LogP contribution >= 0.6 is 0 Å². The third-order valence-electron chi connectivity index (χ3n) is 1.59. The molecule has 0 saturated carbocycles. The Hall–Kier alpha value is -1.33. The van der Waals surface area contributed by atoms with Crippen LogP contribution in [-0.2, 0) is 11.4 Å². The van der Waals surface area contributed by atoms with Gasteiger partial charge in [-0.1, -0.05) is 0 Å². The lowest BCUT2D eigenvalue weighted by molar-refractivity contribution is -0.0775. The highest BCUT2D eigenvalue weighted by molar-refractivity contribution is 5.88. The summed E-state index contributed by atoms with van der Waals surface area (Å²) in [6, 6.07) is 1.41. The van der Waals surface area contributed by atoms with Gasteiger partial charge in [0.1, 0.15) is 11.3 Å². The minimum absolute atomic E-state index is 0.153. The third-order valence-corrected chi connectivity index (χ3v) is 1.59. The summed E-state index contributed by atoms with van der Waals surface area (Å²) in [5, 5.41) is 8.79. The number of carboxylic acids is 1. The number of furan rings is 1. The number of nitrogens with one attached hydrogen (secondary N) is 1. The van der Waals surface area contributed by atoms with Crippen LogP contribution in [0.1, 0.15) is 36.9 Å². The molecular weight excluding hydrogens is 198 g/mol. The molecule has 1 rings (SSSR count). The van der Waals surface area contributed by atoms with E-state index in [-0.39, 0.29) is 17.7 Å². The predicted octanol–water partition coefficient (Wildman–Crippen LogP) is 1.80. The van der Waals surface area contributed by atoms with Crippen molar-refractivity contribution in [2.45, 2.75) is 32.9 Å². The van der Waals surface area contributed by atoms with Crippen LogP contribution < -0.4 is 5.48 Å². The van der Waals surface area contributed by atoms with Crippen LogP contribution in [0.3, 0.4) is 0 Å². The van der Waals surface area contributed by atoms with E-state index >= 15 is 0 Å². The van der Waals surface area contributed by atoms with Crippen LogP contribution in [0.2, 0.25) is 0 Å². The van der Waals surface area contributed by atoms with Gasteiger partial charge in [0.25, 0.3) is 0 Å². The van der Waals surface area contributed by atoms with Crippen molar-refractivity contribution in [1.29, 1.82) is 0 Å². The summed E-state index contributed by atoms with van der Waals surface area (Å²) in [6.45, 7) is 5.90. The molecule has 15 heavy (non-hydrogen) atoms. The molecule has 1 aromatic rings. The van der Waals surface area contributed by atoms with Crippen LogP contribution in [0.4, 0.5) is 0 Å². The molecule has 2 N–H and O–H groups in total. The molecule has 1 heterocycles. The van der Waals surface area contributed by atoms with Gasteiger partial charge in [0.2, 0.25) is 0 Å². The molecule has 0 aliphatic rings. The molecule has 0 unspecified atom stereocenters. The second kappa shape index (κ2) is 4.46. The average Bonchev–Trinajstić information content (AvgIpc) is 2.49. The summed E-state index contributed by atoms with van der Waals surface area (Å²) in [7, 11) is 0. The number of rotatable bonds is 4. The van der Waals surface area contributed by atoms with E-state index in [2.05, 4.69) is 5.48 Å². The van der Waals surface area contributed by atoms with Gasteiger partial charge >= 0.3 is 5.97 Å². The van der Waals surface area contributed by atoms with Gasteiger partial charge in [-0.05, 0) is 26.8 Å². The fourth-order valence-corrected chi connectivity index (χ4v) is 0.986. The Morgan fingerprint density at radius 2 is 2.27 bits per heavy atom. The fourth-order valence-electron chi connectivity index (χ4n) is 0.986. The maximum Gasteiger partial charge on any atom is 0.339 e. The van der Waals surface area contributed by atoms with E-state index in [0.29, 0.717) is 5.76 Å². The van der Waals surface area contributed by atoms with Crippen molar-refractivity contribution < 1.29 is 19.2 Å². The summed E-state index contributed by atoms with van der Waals surface area (Å²) >= 11 is 0. The van der Waals surface area contributed by atoms with Crippen molar-refractivity contribution in [3.8, 4) is 0 Å². The van der Waals surface area contributed by atoms with Crippen LogP contribution in [-0.4, -0.2) is 16.7 Å². The van der Waals surface area contributed by atoms with Crippen molar-refractivity contribution in [2.75, 3.05) is 0 Å². The first-order valence-electron chi connectivity index (χ1n) is 4.60. The molecule has 1 aromatic heterocycles. The maximum absolute atomic E-state index is 10.7. The molecule has 0 atom stereocenters. The predicted molar refractivity (Wildman–Crippen MR) is 53.3 cm³/mol. The molecule has 84 valence electrons. The second-order valence-electron chi connectivity index (χ2n) is 4.10. The van der Waals surface area contributed by atoms with E-state index in [1.165, 1.54) is 12.3 Å². The van der Waals surface area contributed by atoms with E-state index in [1.807, 2.05) is 20.8 Å². The van der Waals surface area contributed by atoms with Gasteiger partial charge in [-0.2, -0.15) is 5.48 Å². The highest BCUT2D eigenvalue weighted by atomic mass is 16.7. The summed E-state index contributed by atoms with van der Waals surface area (Å²) < 4.78 is 5.02. The smallest absolute Gasteiger partial charge is 0.339 e. The highest BCUT2D eigenvalue weighted by Gasteiger charge is 2.15. The van der Waals surface area contributed by atoms with E-state index in [0.717, 1.165) is 0 Å². The Labute approximate surface area is 88.0 Å². The molecular formula is C10H15NO4. The van der Waals surface area contributed by atoms with Crippen LogP contribution in [0, 0.1) is 0 Å². The lowest BCUT2D eigenvalue weighted by Crippen LogP contribution is -2.29. The quantitative estimate of drug-likeness (QED) is 0.746. The monoisotopic (exact) mass is 213 g/mol. The van der Waals surface area contributed by atoms with Crippen molar-refractivity contribution in [3.63, 3.8) is 0 Å². The highest BCUT2D eigenvalue weighted by Crippen LogP contribution is 2.11. The Bertz CT molecular complexity index is 337. The molecule has 0 amide bonds. The van der Waals surface area contributed by atoms with Crippen molar-refractivity contribution >= 4 is 5.97 Å². The molecule has 5 heteroatoms. The minimum Gasteiger partial charge on any atom is -0.478 e. The molecule has 0 fully saturated rings. The summed E-state index contributed by atoms with van der Waals surface area (Å²) in [5.41, 5.74) is 2.50. The van der Waals surface area contributed by atoms with Crippen LogP contribution in [0.15, 0.2) is 16.7 Å². The standard InChI is InChI=1S/C10H15NO4/c1-10(2,3)15-11-6-8-7(9(12)13)4-5-14-8/h4-5,11H,6H2,1-3H3,(H,12,13). The van der Waals surface area contributed by atoms with E-state index in [4.69, 9.17) is 14.4 Å². The van der Waals surface area contributed by atoms with Gasteiger partial charge in [0, 0.05) is 0 Å². The summed E-state index contributed by atoms with van der Waals surface area (Å²) in [5.74, 6) is -0.650. The van der Waals surface area contributed by atoms with Gasteiger partial charge in [-0.3, -0.25) is 4.84 Å². The Morgan fingerprint density at radius 3 is 2.80 bits per heavy atom. The Morgan fingerprint density at radius 1 is 1.60 bits per heavy atom. The zero-order chi connectivity index (χ0) is 11.5. The first-order valence-corrected chi connectivity index (χ1v) is 4.60. The number of carboxylic acid groups (broad SMARTS) is 1. The van der Waals surface area contributed by atoms with E-state index in [9.17, 15) is 4.79 Å². The fraction of sp³-hybridized carbons (Fsp3) is 0.500. The van der Waals surface area contributed by atoms with Crippen molar-refractivity contribution in [3.05, 3.63) is 23.7 Å². The van der Waals surface area contributed by atoms with Crippen LogP contribution in [0.5, 0.6) is 0 Å². The summed E-state index contributed by atoms with van der Waals surface area (Å²) in [4.78, 5) is 15.9. The SMILES string of the molecule is CC(C)(C)ONCc1occc1C(=O)O. The zero-order valence-corrected chi connectivity index (χ0v) is 9.03. The minimum atomic E-state index is -1.00. The molecule has 0 aromatic carbocycles. The molecule has 5 nitrogen and oxygen atoms in total. The first-order chi connectivity index (χ1) is 6.90. The van der Waals surface area contributed by atoms with Gasteiger partial charge in [-0.15, -0.1) is 0 Å². The number of hydrogen-bond donors (Lipinski definition) is 2. The number of aromatic carboxylic acids is 1. The summed E-state index contributed by atoms with van der Waals surface area (Å²) in [6.07, 6.45) is 1.34. The van der Waals surface area contributed by atoms with Gasteiger partial charge in [0.15, 0.2) is 0 Å². The lowest BCUT2D eigenvalue weighted by atomic mass is 10.2. The van der Waals surface area contributed by atoms with Crippen LogP contribution in [0.25, 0.3) is 0 Å². The molecule has 0 spiro atoms. The van der Waals surface area contributed by atoms with E-state index in [1.54, 1.807) is 0 Å².